The summed E-state index contributed by atoms with van der Waals surface area (Å²) in [6, 6.07) is 3.98. The number of hydrogen-bond acceptors (Lipinski definition) is 3. The second-order valence-electron chi connectivity index (χ2n) is 4.01. The van der Waals surface area contributed by atoms with Gasteiger partial charge in [0.2, 0.25) is 5.91 Å². The quantitative estimate of drug-likeness (QED) is 0.811. The van der Waals surface area contributed by atoms with Gasteiger partial charge in [-0.2, -0.15) is 0 Å². The number of carbonyl (C=O) groups is 1. The molecule has 4 heteroatoms. The molecule has 1 aromatic carbocycles. The third kappa shape index (κ3) is 3.75. The van der Waals surface area contributed by atoms with Gasteiger partial charge in [0.1, 0.15) is 5.75 Å². The number of rotatable bonds is 5. The van der Waals surface area contributed by atoms with Crippen LogP contribution >= 0.6 is 0 Å². The van der Waals surface area contributed by atoms with Crippen molar-refractivity contribution >= 4 is 5.91 Å². The summed E-state index contributed by atoms with van der Waals surface area (Å²) in [7, 11) is 1.65. The molecule has 0 heterocycles. The second-order valence-corrected chi connectivity index (χ2v) is 4.01. The monoisotopic (exact) mass is 237 g/mol. The van der Waals surface area contributed by atoms with Crippen LogP contribution in [0.1, 0.15) is 23.1 Å². The highest BCUT2D eigenvalue weighted by Gasteiger charge is 2.06. The van der Waals surface area contributed by atoms with Gasteiger partial charge in [-0.1, -0.05) is 12.1 Å². The Balaban J connectivity index is 2.70. The van der Waals surface area contributed by atoms with Gasteiger partial charge in [0.25, 0.3) is 0 Å². The second kappa shape index (κ2) is 6.25. The van der Waals surface area contributed by atoms with Crippen LogP contribution < -0.4 is 10.1 Å². The first-order chi connectivity index (χ1) is 8.08. The third-order valence-electron chi connectivity index (χ3n) is 2.55. The molecular weight excluding hydrogens is 218 g/mol. The molecule has 0 fully saturated rings. The van der Waals surface area contributed by atoms with Crippen molar-refractivity contribution in [2.75, 3.05) is 13.7 Å². The molecule has 0 aliphatic carbocycles. The Kier molecular flexibility index (Phi) is 4.97. The fraction of sp³-hybridized carbons (Fsp3) is 0.462. The number of benzene rings is 1. The first-order valence-electron chi connectivity index (χ1n) is 5.60. The van der Waals surface area contributed by atoms with E-state index >= 15 is 0 Å². The Bertz CT molecular complexity index is 379. The molecule has 0 radical (unpaired) electrons. The lowest BCUT2D eigenvalue weighted by atomic mass is 10.1. The zero-order valence-electron chi connectivity index (χ0n) is 10.5. The number of hydrogen-bond donors (Lipinski definition) is 2. The number of aryl methyl sites for hydroxylation is 2. The number of methoxy groups -OCH3 is 1. The minimum atomic E-state index is -0.140. The van der Waals surface area contributed by atoms with Crippen LogP contribution in [0.2, 0.25) is 0 Å². The SMILES string of the molecule is COc1c(C)cc(CNC(=O)CCO)cc1C. The van der Waals surface area contributed by atoms with Crippen LogP contribution in [-0.2, 0) is 11.3 Å². The van der Waals surface area contributed by atoms with Gasteiger partial charge in [0.15, 0.2) is 0 Å². The lowest BCUT2D eigenvalue weighted by Gasteiger charge is -2.11. The van der Waals surface area contributed by atoms with Crippen molar-refractivity contribution in [2.24, 2.45) is 0 Å². The highest BCUT2D eigenvalue weighted by molar-refractivity contribution is 5.75. The van der Waals surface area contributed by atoms with Crippen molar-refractivity contribution in [3.8, 4) is 5.75 Å². The molecular formula is C13H19NO3. The molecule has 1 amide bonds. The van der Waals surface area contributed by atoms with Gasteiger partial charge in [-0.15, -0.1) is 0 Å². The first-order valence-corrected chi connectivity index (χ1v) is 5.60. The smallest absolute Gasteiger partial charge is 0.222 e. The van der Waals surface area contributed by atoms with Crippen LogP contribution in [0.25, 0.3) is 0 Å². The van der Waals surface area contributed by atoms with E-state index in [0.29, 0.717) is 6.54 Å². The van der Waals surface area contributed by atoms with E-state index in [2.05, 4.69) is 5.32 Å². The van der Waals surface area contributed by atoms with E-state index in [9.17, 15) is 4.79 Å². The zero-order valence-corrected chi connectivity index (χ0v) is 10.5. The largest absolute Gasteiger partial charge is 0.496 e. The third-order valence-corrected chi connectivity index (χ3v) is 2.55. The Labute approximate surface area is 102 Å². The van der Waals surface area contributed by atoms with Crippen molar-refractivity contribution in [3.63, 3.8) is 0 Å². The van der Waals surface area contributed by atoms with Crippen LogP contribution in [0.4, 0.5) is 0 Å². The normalized spacial score (nSPS) is 10.1. The molecule has 0 atom stereocenters. The molecule has 17 heavy (non-hydrogen) atoms. The molecule has 2 N–H and O–H groups in total. The molecule has 0 aliphatic heterocycles. The first kappa shape index (κ1) is 13.5. The summed E-state index contributed by atoms with van der Waals surface area (Å²) in [6.07, 6.45) is 0.147. The van der Waals surface area contributed by atoms with Crippen molar-refractivity contribution < 1.29 is 14.6 Å². The molecule has 0 spiro atoms. The van der Waals surface area contributed by atoms with Gasteiger partial charge < -0.3 is 15.2 Å². The summed E-state index contributed by atoms with van der Waals surface area (Å²) < 4.78 is 5.27. The summed E-state index contributed by atoms with van der Waals surface area (Å²) in [5.41, 5.74) is 3.14. The maximum absolute atomic E-state index is 11.2. The molecule has 0 aliphatic rings. The molecule has 0 saturated carbocycles. The molecule has 0 unspecified atom stereocenters. The predicted molar refractivity (Wildman–Crippen MR) is 66.0 cm³/mol. The van der Waals surface area contributed by atoms with Gasteiger partial charge in [0.05, 0.1) is 13.7 Å². The minimum Gasteiger partial charge on any atom is -0.496 e. The van der Waals surface area contributed by atoms with Crippen LogP contribution in [0.3, 0.4) is 0 Å². The maximum atomic E-state index is 11.2. The van der Waals surface area contributed by atoms with Crippen molar-refractivity contribution in [2.45, 2.75) is 26.8 Å². The highest BCUT2D eigenvalue weighted by atomic mass is 16.5. The van der Waals surface area contributed by atoms with E-state index in [0.717, 1.165) is 22.4 Å². The maximum Gasteiger partial charge on any atom is 0.222 e. The minimum absolute atomic E-state index is 0.119. The summed E-state index contributed by atoms with van der Waals surface area (Å²) >= 11 is 0. The van der Waals surface area contributed by atoms with Gasteiger partial charge in [-0.05, 0) is 30.5 Å². The molecule has 1 aromatic rings. The van der Waals surface area contributed by atoms with Gasteiger partial charge >= 0.3 is 0 Å². The Hall–Kier alpha value is -1.55. The van der Waals surface area contributed by atoms with Crippen molar-refractivity contribution in [3.05, 3.63) is 28.8 Å². The van der Waals surface area contributed by atoms with Gasteiger partial charge in [-0.25, -0.2) is 0 Å². The molecule has 0 bridgehead atoms. The van der Waals surface area contributed by atoms with Gasteiger partial charge in [-0.3, -0.25) is 4.79 Å². The summed E-state index contributed by atoms with van der Waals surface area (Å²) in [4.78, 5) is 11.2. The Morgan fingerprint density at radius 3 is 2.41 bits per heavy atom. The summed E-state index contributed by atoms with van der Waals surface area (Å²) in [6.45, 7) is 4.31. The number of ether oxygens (including phenoxy) is 1. The standard InChI is InChI=1S/C13H19NO3/c1-9-6-11(7-10(2)13(9)17-3)8-14-12(16)4-5-15/h6-7,15H,4-5,8H2,1-3H3,(H,14,16). The number of aliphatic hydroxyl groups excluding tert-OH is 1. The van der Waals surface area contributed by atoms with Gasteiger partial charge in [0, 0.05) is 13.0 Å². The van der Waals surface area contributed by atoms with Crippen molar-refractivity contribution in [1.82, 2.24) is 5.32 Å². The lowest BCUT2D eigenvalue weighted by molar-refractivity contribution is -0.121. The predicted octanol–water partition coefficient (Wildman–Crippen LogP) is 1.31. The summed E-state index contributed by atoms with van der Waals surface area (Å²) in [5, 5.41) is 11.4. The highest BCUT2D eigenvalue weighted by Crippen LogP contribution is 2.24. The average molecular weight is 237 g/mol. The number of aliphatic hydroxyl groups is 1. The molecule has 0 saturated heterocycles. The fourth-order valence-corrected chi connectivity index (χ4v) is 1.85. The topological polar surface area (TPSA) is 58.6 Å². The van der Waals surface area contributed by atoms with E-state index in [-0.39, 0.29) is 18.9 Å². The zero-order chi connectivity index (χ0) is 12.8. The lowest BCUT2D eigenvalue weighted by Crippen LogP contribution is -2.23. The van der Waals surface area contributed by atoms with E-state index in [4.69, 9.17) is 9.84 Å². The average Bonchev–Trinajstić information content (AvgIpc) is 2.26. The van der Waals surface area contributed by atoms with E-state index < -0.39 is 0 Å². The van der Waals surface area contributed by atoms with E-state index in [1.54, 1.807) is 7.11 Å². The van der Waals surface area contributed by atoms with Crippen molar-refractivity contribution in [1.29, 1.82) is 0 Å². The molecule has 0 aromatic heterocycles. The number of carbonyl (C=O) groups excluding carboxylic acids is 1. The number of nitrogens with one attached hydrogen (secondary N) is 1. The Morgan fingerprint density at radius 2 is 1.94 bits per heavy atom. The van der Waals surface area contributed by atoms with E-state index in [1.165, 1.54) is 0 Å². The van der Waals surface area contributed by atoms with E-state index in [1.807, 2.05) is 26.0 Å². The fourth-order valence-electron chi connectivity index (χ4n) is 1.85. The van der Waals surface area contributed by atoms with Crippen LogP contribution in [0, 0.1) is 13.8 Å². The molecule has 4 nitrogen and oxygen atoms in total. The summed E-state index contributed by atoms with van der Waals surface area (Å²) in [5.74, 6) is 0.744. The van der Waals surface area contributed by atoms with Crippen LogP contribution in [0.5, 0.6) is 5.75 Å². The molecule has 1 rings (SSSR count). The Morgan fingerprint density at radius 1 is 1.35 bits per heavy atom. The van der Waals surface area contributed by atoms with Crippen LogP contribution in [-0.4, -0.2) is 24.7 Å². The van der Waals surface area contributed by atoms with Crippen LogP contribution in [0.15, 0.2) is 12.1 Å². The molecule has 94 valence electrons. The number of amides is 1.